The number of amides is 1. The van der Waals surface area contributed by atoms with E-state index in [0.717, 1.165) is 61.0 Å². The fraction of sp³-hybridized carbons (Fsp3) is 0.514. The van der Waals surface area contributed by atoms with Crippen LogP contribution in [0.15, 0.2) is 48.0 Å². The number of nitrogens with one attached hydrogen (secondary N) is 1. The second-order valence-electron chi connectivity index (χ2n) is 12.3. The van der Waals surface area contributed by atoms with Crippen molar-refractivity contribution in [2.24, 2.45) is 5.92 Å². The molecule has 0 saturated heterocycles. The summed E-state index contributed by atoms with van der Waals surface area (Å²) < 4.78 is 12.7. The molecule has 2 aromatic rings. The monoisotopic (exact) mass is 575 g/mol. The highest BCUT2D eigenvalue weighted by molar-refractivity contribution is 5.92. The number of carbonyl (C=O) groups excluding carboxylic acids is 2. The molecule has 2 aromatic carbocycles. The van der Waals surface area contributed by atoms with Crippen LogP contribution in [0.25, 0.3) is 0 Å². The standard InChI is InChI=1S/C35H45NO6/c1-5-6-7-9-25-21-29(34-27-20-23(2)12-17-28(27)35(3,4)42-30(34)22-25)41-33(40)11-8-10-24-13-15-26(16-14-24)36-31(37)18-19-32(38)39/h13-16,20-22,27-28H,5-12,17-19H2,1-4H3,(H,36,37)(H,38,39). The van der Waals surface area contributed by atoms with Crippen molar-refractivity contribution >= 4 is 23.5 Å². The Morgan fingerprint density at radius 3 is 2.45 bits per heavy atom. The Bertz CT molecular complexity index is 1310. The summed E-state index contributed by atoms with van der Waals surface area (Å²) in [5, 5.41) is 11.4. The van der Waals surface area contributed by atoms with E-state index in [9.17, 15) is 14.4 Å². The zero-order valence-electron chi connectivity index (χ0n) is 25.5. The molecule has 1 amide bonds. The maximum atomic E-state index is 13.1. The molecule has 0 saturated carbocycles. The molecule has 0 spiro atoms. The lowest BCUT2D eigenvalue weighted by molar-refractivity contribution is -0.138. The molecule has 7 nitrogen and oxygen atoms in total. The summed E-state index contributed by atoms with van der Waals surface area (Å²) in [6, 6.07) is 11.6. The zero-order chi connectivity index (χ0) is 30.3. The molecule has 1 aliphatic carbocycles. The van der Waals surface area contributed by atoms with E-state index in [1.807, 2.05) is 12.1 Å². The normalized spacial score (nSPS) is 18.6. The predicted molar refractivity (Wildman–Crippen MR) is 164 cm³/mol. The van der Waals surface area contributed by atoms with Gasteiger partial charge in [-0.1, -0.05) is 43.5 Å². The van der Waals surface area contributed by atoms with Gasteiger partial charge in [0.2, 0.25) is 5.91 Å². The van der Waals surface area contributed by atoms with Crippen molar-refractivity contribution in [3.05, 3.63) is 64.7 Å². The molecule has 7 heteroatoms. The second kappa shape index (κ2) is 14.0. The summed E-state index contributed by atoms with van der Waals surface area (Å²) in [5.74, 6) is 0.394. The minimum absolute atomic E-state index is 0.0643. The maximum absolute atomic E-state index is 13.1. The Balaban J connectivity index is 1.42. The maximum Gasteiger partial charge on any atom is 0.311 e. The molecule has 1 aliphatic heterocycles. The third-order valence-corrected chi connectivity index (χ3v) is 8.45. The quantitative estimate of drug-likeness (QED) is 0.110. The molecule has 2 atom stereocenters. The highest BCUT2D eigenvalue weighted by atomic mass is 16.5. The number of carboxylic acid groups (broad SMARTS) is 1. The van der Waals surface area contributed by atoms with Crippen LogP contribution in [0.4, 0.5) is 5.69 Å². The predicted octanol–water partition coefficient (Wildman–Crippen LogP) is 7.76. The molecule has 2 aliphatic rings. The minimum atomic E-state index is -0.999. The lowest BCUT2D eigenvalue weighted by Crippen LogP contribution is -2.45. The zero-order valence-corrected chi connectivity index (χ0v) is 25.5. The van der Waals surface area contributed by atoms with E-state index >= 15 is 0 Å². The Morgan fingerprint density at radius 2 is 1.74 bits per heavy atom. The van der Waals surface area contributed by atoms with Gasteiger partial charge in [-0.2, -0.15) is 0 Å². The largest absolute Gasteiger partial charge is 0.487 e. The molecule has 1 heterocycles. The Morgan fingerprint density at radius 1 is 1.00 bits per heavy atom. The first kappa shape index (κ1) is 31.3. The van der Waals surface area contributed by atoms with Gasteiger partial charge in [0.15, 0.2) is 0 Å². The summed E-state index contributed by atoms with van der Waals surface area (Å²) in [6.45, 7) is 8.74. The van der Waals surface area contributed by atoms with Crippen LogP contribution >= 0.6 is 0 Å². The summed E-state index contributed by atoms with van der Waals surface area (Å²) in [6.07, 6.45) is 10.1. The number of aliphatic carboxylic acids is 1. The third-order valence-electron chi connectivity index (χ3n) is 8.45. The highest BCUT2D eigenvalue weighted by Gasteiger charge is 2.45. The van der Waals surface area contributed by atoms with E-state index in [1.54, 1.807) is 12.1 Å². The minimum Gasteiger partial charge on any atom is -0.487 e. The van der Waals surface area contributed by atoms with Crippen LogP contribution in [0.1, 0.15) is 108 Å². The number of hydrogen-bond acceptors (Lipinski definition) is 5. The first-order chi connectivity index (χ1) is 20.1. The fourth-order valence-corrected chi connectivity index (χ4v) is 6.18. The van der Waals surface area contributed by atoms with Gasteiger partial charge < -0.3 is 19.9 Å². The van der Waals surface area contributed by atoms with Gasteiger partial charge in [0.1, 0.15) is 17.1 Å². The number of fused-ring (bicyclic) bond motifs is 3. The molecular formula is C35H45NO6. The summed E-state index contributed by atoms with van der Waals surface area (Å²) >= 11 is 0. The van der Waals surface area contributed by atoms with Crippen LogP contribution in [0.2, 0.25) is 0 Å². The average molecular weight is 576 g/mol. The van der Waals surface area contributed by atoms with E-state index in [0.29, 0.717) is 30.2 Å². The van der Waals surface area contributed by atoms with Gasteiger partial charge >= 0.3 is 11.9 Å². The second-order valence-corrected chi connectivity index (χ2v) is 12.3. The Hall–Kier alpha value is -3.61. The number of carbonyl (C=O) groups is 3. The number of ether oxygens (including phenoxy) is 2. The van der Waals surface area contributed by atoms with Crippen molar-refractivity contribution in [2.75, 3.05) is 5.32 Å². The number of esters is 1. The molecule has 42 heavy (non-hydrogen) atoms. The number of carboxylic acids is 1. The molecule has 2 unspecified atom stereocenters. The first-order valence-corrected chi connectivity index (χ1v) is 15.4. The summed E-state index contributed by atoms with van der Waals surface area (Å²) in [5.41, 5.74) is 4.89. The van der Waals surface area contributed by atoms with E-state index in [1.165, 1.54) is 5.57 Å². The van der Waals surface area contributed by atoms with E-state index < -0.39 is 5.97 Å². The third kappa shape index (κ3) is 8.24. The van der Waals surface area contributed by atoms with E-state index in [4.69, 9.17) is 14.6 Å². The van der Waals surface area contributed by atoms with Crippen molar-refractivity contribution in [3.63, 3.8) is 0 Å². The van der Waals surface area contributed by atoms with Crippen molar-refractivity contribution in [1.82, 2.24) is 0 Å². The van der Waals surface area contributed by atoms with Gasteiger partial charge in [-0.05, 0) is 94.7 Å². The lowest BCUT2D eigenvalue weighted by Gasteiger charge is -2.46. The van der Waals surface area contributed by atoms with Gasteiger partial charge in [-0.3, -0.25) is 14.4 Å². The Labute approximate surface area is 249 Å². The van der Waals surface area contributed by atoms with Crippen LogP contribution < -0.4 is 14.8 Å². The van der Waals surface area contributed by atoms with Gasteiger partial charge in [0, 0.05) is 35.9 Å². The van der Waals surface area contributed by atoms with Crippen LogP contribution in [0, 0.1) is 5.92 Å². The van der Waals surface area contributed by atoms with Gasteiger partial charge in [-0.15, -0.1) is 0 Å². The molecule has 0 aromatic heterocycles. The first-order valence-electron chi connectivity index (χ1n) is 15.4. The molecule has 0 bridgehead atoms. The van der Waals surface area contributed by atoms with Gasteiger partial charge in [0.25, 0.3) is 0 Å². The molecule has 0 fully saturated rings. The van der Waals surface area contributed by atoms with E-state index in [2.05, 4.69) is 51.2 Å². The van der Waals surface area contributed by atoms with Gasteiger partial charge in [-0.25, -0.2) is 0 Å². The number of anilines is 1. The molecule has 4 rings (SSSR count). The highest BCUT2D eigenvalue weighted by Crippen LogP contribution is 2.53. The van der Waals surface area contributed by atoms with Crippen molar-refractivity contribution < 1.29 is 29.0 Å². The number of rotatable bonds is 13. The number of unbranched alkanes of at least 4 members (excludes halogenated alkanes) is 2. The molecular weight excluding hydrogens is 530 g/mol. The number of hydrogen-bond donors (Lipinski definition) is 2. The molecule has 0 radical (unpaired) electrons. The van der Waals surface area contributed by atoms with Crippen LogP contribution in [-0.4, -0.2) is 28.6 Å². The summed E-state index contributed by atoms with van der Waals surface area (Å²) in [4.78, 5) is 35.6. The topological polar surface area (TPSA) is 102 Å². The van der Waals surface area contributed by atoms with Crippen LogP contribution in [0.5, 0.6) is 11.5 Å². The number of aryl methyl sites for hydroxylation is 2. The molecule has 2 N–H and O–H groups in total. The summed E-state index contributed by atoms with van der Waals surface area (Å²) in [7, 11) is 0. The SMILES string of the molecule is CCCCCc1cc(OC(=O)CCCc2ccc(NC(=O)CCC(=O)O)cc2)c2c(c1)OC(C)(C)C1CCC(C)=CC21. The fourth-order valence-electron chi connectivity index (χ4n) is 6.18. The van der Waals surface area contributed by atoms with E-state index in [-0.39, 0.29) is 42.7 Å². The van der Waals surface area contributed by atoms with Crippen molar-refractivity contribution in [3.8, 4) is 11.5 Å². The number of allylic oxidation sites excluding steroid dienone is 2. The number of benzene rings is 2. The van der Waals surface area contributed by atoms with Crippen LogP contribution in [-0.2, 0) is 27.2 Å². The Kier molecular flexibility index (Phi) is 10.5. The van der Waals surface area contributed by atoms with Crippen molar-refractivity contribution in [1.29, 1.82) is 0 Å². The molecule has 226 valence electrons. The smallest absolute Gasteiger partial charge is 0.311 e. The van der Waals surface area contributed by atoms with Crippen LogP contribution in [0.3, 0.4) is 0 Å². The lowest BCUT2D eigenvalue weighted by atomic mass is 9.68. The van der Waals surface area contributed by atoms with Crippen molar-refractivity contribution in [2.45, 2.75) is 110 Å². The average Bonchev–Trinajstić information content (AvgIpc) is 2.92. The van der Waals surface area contributed by atoms with Gasteiger partial charge in [0.05, 0.1) is 6.42 Å².